The fraction of sp³-hybridized carbons (Fsp3) is 0.214. The van der Waals surface area contributed by atoms with Crippen LogP contribution in [-0.4, -0.2) is 35.2 Å². The van der Waals surface area contributed by atoms with E-state index in [1.54, 1.807) is 18.2 Å². The molecular formula is C28H23BrFN5O2. The molecule has 4 rings (SSSR count). The highest BCUT2D eigenvalue weighted by Gasteiger charge is 2.22. The maximum absolute atomic E-state index is 14.3. The first-order chi connectivity index (χ1) is 17.9. The smallest absolute Gasteiger partial charge is 0.328 e. The van der Waals surface area contributed by atoms with E-state index < -0.39 is 11.8 Å². The van der Waals surface area contributed by atoms with Crippen molar-refractivity contribution in [2.45, 2.75) is 25.4 Å². The SMILES string of the molecule is N#Cc1ccc(-c2nc(N3CCC(NCc4ccc(/C=C/C(=O)O)cc4)CC3)cc(C#N)c2Br)cc1F. The van der Waals surface area contributed by atoms with Crippen molar-refractivity contribution < 1.29 is 14.3 Å². The maximum Gasteiger partial charge on any atom is 0.328 e. The highest BCUT2D eigenvalue weighted by Crippen LogP contribution is 2.33. The molecule has 0 bridgehead atoms. The van der Waals surface area contributed by atoms with Crippen LogP contribution in [0.25, 0.3) is 17.3 Å². The third-order valence-corrected chi connectivity index (χ3v) is 7.04. The van der Waals surface area contributed by atoms with Crippen molar-refractivity contribution >= 4 is 33.8 Å². The van der Waals surface area contributed by atoms with Crippen molar-refractivity contribution in [2.24, 2.45) is 0 Å². The Bertz CT molecular complexity index is 1420. The third-order valence-electron chi connectivity index (χ3n) is 6.24. The first kappa shape index (κ1) is 26.0. The number of aliphatic carboxylic acids is 1. The van der Waals surface area contributed by atoms with E-state index >= 15 is 0 Å². The molecule has 2 aromatic carbocycles. The molecule has 0 amide bonds. The summed E-state index contributed by atoms with van der Waals surface area (Å²) in [6, 6.07) is 18.1. The predicted octanol–water partition coefficient (Wildman–Crippen LogP) is 5.25. The molecule has 37 heavy (non-hydrogen) atoms. The van der Waals surface area contributed by atoms with Gasteiger partial charge in [0.2, 0.25) is 0 Å². The summed E-state index contributed by atoms with van der Waals surface area (Å²) in [5.74, 6) is -0.947. The molecule has 1 saturated heterocycles. The van der Waals surface area contributed by atoms with Gasteiger partial charge >= 0.3 is 5.97 Å². The summed E-state index contributed by atoms with van der Waals surface area (Å²) in [4.78, 5) is 17.5. The number of rotatable bonds is 7. The van der Waals surface area contributed by atoms with Crippen LogP contribution >= 0.6 is 15.9 Å². The minimum atomic E-state index is -0.973. The van der Waals surface area contributed by atoms with E-state index in [0.717, 1.165) is 43.1 Å². The van der Waals surface area contributed by atoms with E-state index in [2.05, 4.69) is 32.2 Å². The van der Waals surface area contributed by atoms with Gasteiger partial charge in [0.25, 0.3) is 0 Å². The number of carbonyl (C=O) groups is 1. The standard InChI is InChI=1S/C28H23BrFN5O2/c29-27-22(16-32)14-25(34-28(27)20-6-7-21(15-31)24(30)13-20)35-11-9-23(10-12-35)33-17-19-3-1-18(2-4-19)5-8-26(36)37/h1-8,13-14,23,33H,9-12,17H2,(H,36,37)/b8-5+. The number of pyridine rings is 1. The number of hydrogen-bond acceptors (Lipinski definition) is 6. The molecule has 0 aliphatic carbocycles. The molecule has 1 aliphatic rings. The summed E-state index contributed by atoms with van der Waals surface area (Å²) in [7, 11) is 0. The van der Waals surface area contributed by atoms with Crippen molar-refractivity contribution in [1.82, 2.24) is 10.3 Å². The average molecular weight is 560 g/mol. The molecule has 1 fully saturated rings. The van der Waals surface area contributed by atoms with Crippen LogP contribution in [0.15, 0.2) is 59.1 Å². The van der Waals surface area contributed by atoms with Gasteiger partial charge in [0.05, 0.1) is 21.3 Å². The van der Waals surface area contributed by atoms with Crippen LogP contribution in [0, 0.1) is 28.5 Å². The number of carboxylic acids is 1. The van der Waals surface area contributed by atoms with Crippen LogP contribution in [0.4, 0.5) is 10.2 Å². The highest BCUT2D eigenvalue weighted by molar-refractivity contribution is 9.10. The second kappa shape index (κ2) is 11.8. The zero-order valence-electron chi connectivity index (χ0n) is 19.8. The fourth-order valence-corrected chi connectivity index (χ4v) is 4.71. The molecular weight excluding hydrogens is 537 g/mol. The van der Waals surface area contributed by atoms with E-state index in [0.29, 0.717) is 39.7 Å². The molecule has 3 aromatic rings. The molecule has 186 valence electrons. The van der Waals surface area contributed by atoms with E-state index in [1.165, 1.54) is 12.1 Å². The number of benzene rings is 2. The summed E-state index contributed by atoms with van der Waals surface area (Å²) in [5.41, 5.74) is 3.26. The first-order valence-electron chi connectivity index (χ1n) is 11.7. The fourth-order valence-electron chi connectivity index (χ4n) is 4.19. The van der Waals surface area contributed by atoms with Gasteiger partial charge in [-0.3, -0.25) is 0 Å². The lowest BCUT2D eigenvalue weighted by Gasteiger charge is -2.33. The largest absolute Gasteiger partial charge is 0.478 e. The summed E-state index contributed by atoms with van der Waals surface area (Å²) in [5, 5.41) is 31.0. The summed E-state index contributed by atoms with van der Waals surface area (Å²) < 4.78 is 14.7. The molecule has 0 spiro atoms. The summed E-state index contributed by atoms with van der Waals surface area (Å²) in [6.07, 6.45) is 4.46. The number of halogens is 2. The quantitative estimate of drug-likeness (QED) is 0.380. The Hall–Kier alpha value is -4.05. The van der Waals surface area contributed by atoms with Crippen LogP contribution in [0.5, 0.6) is 0 Å². The van der Waals surface area contributed by atoms with Gasteiger partial charge in [-0.2, -0.15) is 10.5 Å². The second-order valence-electron chi connectivity index (χ2n) is 8.66. The number of nitrogens with zero attached hydrogens (tertiary/aromatic N) is 4. The van der Waals surface area contributed by atoms with Crippen LogP contribution in [0.1, 0.15) is 35.1 Å². The zero-order valence-corrected chi connectivity index (χ0v) is 21.4. The Kier molecular flexibility index (Phi) is 8.29. The minimum absolute atomic E-state index is 0.0444. The molecule has 0 unspecified atom stereocenters. The molecule has 1 aliphatic heterocycles. The molecule has 0 radical (unpaired) electrons. The summed E-state index contributed by atoms with van der Waals surface area (Å²) >= 11 is 3.44. The van der Waals surface area contributed by atoms with Crippen LogP contribution in [-0.2, 0) is 11.3 Å². The monoisotopic (exact) mass is 559 g/mol. The van der Waals surface area contributed by atoms with E-state index in [1.807, 2.05) is 30.3 Å². The number of anilines is 1. The van der Waals surface area contributed by atoms with E-state index in [-0.39, 0.29) is 5.56 Å². The van der Waals surface area contributed by atoms with Crippen molar-refractivity contribution in [3.05, 3.63) is 87.2 Å². The van der Waals surface area contributed by atoms with E-state index in [9.17, 15) is 14.4 Å². The zero-order chi connectivity index (χ0) is 26.4. The molecule has 2 heterocycles. The van der Waals surface area contributed by atoms with Crippen molar-refractivity contribution in [2.75, 3.05) is 18.0 Å². The predicted molar refractivity (Wildman–Crippen MR) is 142 cm³/mol. The Morgan fingerprint density at radius 3 is 2.46 bits per heavy atom. The molecule has 9 heteroatoms. The number of aromatic nitrogens is 1. The first-order valence-corrected chi connectivity index (χ1v) is 12.5. The maximum atomic E-state index is 14.3. The van der Waals surface area contributed by atoms with Gasteiger partial charge in [0.1, 0.15) is 23.8 Å². The van der Waals surface area contributed by atoms with Gasteiger partial charge in [0.15, 0.2) is 0 Å². The minimum Gasteiger partial charge on any atom is -0.478 e. The normalized spacial score (nSPS) is 13.9. The molecule has 1 aromatic heterocycles. The lowest BCUT2D eigenvalue weighted by Crippen LogP contribution is -2.42. The topological polar surface area (TPSA) is 113 Å². The highest BCUT2D eigenvalue weighted by atomic mass is 79.9. The van der Waals surface area contributed by atoms with Crippen LogP contribution < -0.4 is 10.2 Å². The number of nitriles is 2. The number of hydrogen-bond donors (Lipinski definition) is 2. The van der Waals surface area contributed by atoms with E-state index in [4.69, 9.17) is 15.4 Å². The number of carboxylic acid groups (broad SMARTS) is 1. The number of piperidine rings is 1. The van der Waals surface area contributed by atoms with Crippen molar-refractivity contribution in [3.63, 3.8) is 0 Å². The Morgan fingerprint density at radius 1 is 1.14 bits per heavy atom. The van der Waals surface area contributed by atoms with Gasteiger partial charge < -0.3 is 15.3 Å². The molecule has 0 saturated carbocycles. The Balaban J connectivity index is 1.41. The van der Waals surface area contributed by atoms with Gasteiger partial charge in [-0.15, -0.1) is 0 Å². The van der Waals surface area contributed by atoms with Crippen LogP contribution in [0.3, 0.4) is 0 Å². The molecule has 7 nitrogen and oxygen atoms in total. The van der Waals surface area contributed by atoms with Crippen LogP contribution in [0.2, 0.25) is 0 Å². The third kappa shape index (κ3) is 6.39. The van der Waals surface area contributed by atoms with Crippen molar-refractivity contribution in [3.8, 4) is 23.4 Å². The van der Waals surface area contributed by atoms with Gasteiger partial charge in [-0.1, -0.05) is 30.3 Å². The lowest BCUT2D eigenvalue weighted by molar-refractivity contribution is -0.131. The lowest BCUT2D eigenvalue weighted by atomic mass is 10.0. The summed E-state index contributed by atoms with van der Waals surface area (Å²) in [6.45, 7) is 2.20. The Labute approximate surface area is 222 Å². The molecule has 0 atom stereocenters. The van der Waals surface area contributed by atoms with Gasteiger partial charge in [0, 0.05) is 37.3 Å². The van der Waals surface area contributed by atoms with Gasteiger partial charge in [-0.05, 0) is 64.2 Å². The molecule has 2 N–H and O–H groups in total. The van der Waals surface area contributed by atoms with Crippen molar-refractivity contribution in [1.29, 1.82) is 10.5 Å². The second-order valence-corrected chi connectivity index (χ2v) is 9.46. The Morgan fingerprint density at radius 2 is 1.84 bits per heavy atom. The van der Waals surface area contributed by atoms with Gasteiger partial charge in [-0.25, -0.2) is 14.2 Å². The number of nitrogens with one attached hydrogen (secondary N) is 1. The average Bonchev–Trinajstić information content (AvgIpc) is 2.91.